The smallest absolute Gasteiger partial charge is 0.324 e. The van der Waals surface area contributed by atoms with Crippen LogP contribution in [-0.4, -0.2) is 43.6 Å². The highest BCUT2D eigenvalue weighted by atomic mass is 16.5. The van der Waals surface area contributed by atoms with Crippen molar-refractivity contribution < 1.29 is 14.3 Å². The lowest BCUT2D eigenvalue weighted by atomic mass is 10.1. The van der Waals surface area contributed by atoms with E-state index in [9.17, 15) is 9.59 Å². The normalized spacial score (nSPS) is 16.0. The van der Waals surface area contributed by atoms with Crippen LogP contribution in [-0.2, 0) is 4.79 Å². The second-order valence-corrected chi connectivity index (χ2v) is 5.11. The molecule has 0 aliphatic carbocycles. The van der Waals surface area contributed by atoms with Crippen LogP contribution < -0.4 is 15.4 Å². The number of carbonyl (C=O) groups is 2. The number of rotatable bonds is 6. The second-order valence-electron chi connectivity index (χ2n) is 5.11. The molecule has 1 fully saturated rings. The average molecular weight is 291 g/mol. The van der Waals surface area contributed by atoms with Gasteiger partial charge in [-0.15, -0.1) is 0 Å². The summed E-state index contributed by atoms with van der Waals surface area (Å²) in [4.78, 5) is 24.1. The Kier molecular flexibility index (Phi) is 4.80. The third-order valence-corrected chi connectivity index (χ3v) is 3.64. The van der Waals surface area contributed by atoms with Gasteiger partial charge in [0.2, 0.25) is 5.91 Å². The third-order valence-electron chi connectivity index (χ3n) is 3.64. The third kappa shape index (κ3) is 3.52. The Hall–Kier alpha value is -2.08. The van der Waals surface area contributed by atoms with Gasteiger partial charge in [-0.05, 0) is 31.0 Å². The number of hydrogen-bond donors (Lipinski definition) is 2. The summed E-state index contributed by atoms with van der Waals surface area (Å²) in [5.41, 5.74) is 2.23. The molecule has 1 atom stereocenters. The van der Waals surface area contributed by atoms with E-state index in [0.29, 0.717) is 13.1 Å². The molecule has 0 radical (unpaired) electrons. The lowest BCUT2D eigenvalue weighted by Gasteiger charge is -2.18. The average Bonchev–Trinajstić information content (AvgIpc) is 2.78. The number of imide groups is 1. The van der Waals surface area contributed by atoms with E-state index in [1.165, 1.54) is 4.90 Å². The Morgan fingerprint density at radius 1 is 1.43 bits per heavy atom. The van der Waals surface area contributed by atoms with Gasteiger partial charge in [0.05, 0.1) is 13.7 Å². The molecule has 3 amide bonds. The van der Waals surface area contributed by atoms with Crippen molar-refractivity contribution in [1.82, 2.24) is 15.5 Å². The van der Waals surface area contributed by atoms with Crippen molar-refractivity contribution >= 4 is 11.9 Å². The molecule has 2 rings (SSSR count). The van der Waals surface area contributed by atoms with E-state index >= 15 is 0 Å². The van der Waals surface area contributed by atoms with E-state index in [2.05, 4.69) is 16.7 Å². The van der Waals surface area contributed by atoms with Crippen LogP contribution in [0.2, 0.25) is 0 Å². The maximum absolute atomic E-state index is 11.4. The number of ether oxygens (including phenoxy) is 1. The van der Waals surface area contributed by atoms with E-state index in [1.807, 2.05) is 26.0 Å². The molecule has 1 saturated heterocycles. The predicted octanol–water partition coefficient (Wildman–Crippen LogP) is 1.21. The van der Waals surface area contributed by atoms with Crippen LogP contribution in [0.15, 0.2) is 18.2 Å². The van der Waals surface area contributed by atoms with E-state index < -0.39 is 0 Å². The summed E-state index contributed by atoms with van der Waals surface area (Å²) in [5.74, 6) is 0.694. The topological polar surface area (TPSA) is 70.7 Å². The molecule has 6 heteroatoms. The Balaban J connectivity index is 1.87. The summed E-state index contributed by atoms with van der Waals surface area (Å²) in [6, 6.07) is 5.85. The molecule has 1 unspecified atom stereocenters. The zero-order valence-electron chi connectivity index (χ0n) is 12.6. The number of hydrogen-bond acceptors (Lipinski definition) is 4. The van der Waals surface area contributed by atoms with Crippen molar-refractivity contribution in [2.75, 3.05) is 26.7 Å². The number of aryl methyl sites for hydroxylation is 1. The van der Waals surface area contributed by atoms with Gasteiger partial charge in [-0.25, -0.2) is 4.79 Å². The van der Waals surface area contributed by atoms with Gasteiger partial charge >= 0.3 is 6.03 Å². The first kappa shape index (κ1) is 15.3. The largest absolute Gasteiger partial charge is 0.496 e. The Bertz CT molecular complexity index is 529. The van der Waals surface area contributed by atoms with E-state index in [4.69, 9.17) is 4.74 Å². The number of benzene rings is 1. The van der Waals surface area contributed by atoms with Crippen LogP contribution >= 0.6 is 0 Å². The first-order valence-corrected chi connectivity index (χ1v) is 6.99. The molecule has 0 bridgehead atoms. The number of nitrogens with one attached hydrogen (secondary N) is 2. The predicted molar refractivity (Wildman–Crippen MR) is 79.3 cm³/mol. The quantitative estimate of drug-likeness (QED) is 0.773. The van der Waals surface area contributed by atoms with Gasteiger partial charge in [0.1, 0.15) is 5.75 Å². The summed E-state index contributed by atoms with van der Waals surface area (Å²) in [6.07, 6.45) is 0. The molecule has 1 aliphatic rings. The standard InChI is InChI=1S/C15H21N3O3/c1-10-8-12(4-5-13(10)21-3)11(2)16-6-7-18-14(19)9-17-15(18)20/h4-5,8,11,16H,6-7,9H2,1-3H3,(H,17,20). The highest BCUT2D eigenvalue weighted by molar-refractivity contribution is 6.01. The molecule has 0 saturated carbocycles. The summed E-state index contributed by atoms with van der Waals surface area (Å²) in [6.45, 7) is 5.09. The molecule has 1 heterocycles. The van der Waals surface area contributed by atoms with Crippen molar-refractivity contribution in [1.29, 1.82) is 0 Å². The SMILES string of the molecule is COc1ccc(C(C)NCCN2C(=O)CNC2=O)cc1C. The molecule has 6 nitrogen and oxygen atoms in total. The lowest BCUT2D eigenvalue weighted by Crippen LogP contribution is -2.37. The van der Waals surface area contributed by atoms with Crippen LogP contribution in [0.4, 0.5) is 4.79 Å². The van der Waals surface area contributed by atoms with Crippen molar-refractivity contribution in [3.05, 3.63) is 29.3 Å². The number of urea groups is 1. The van der Waals surface area contributed by atoms with E-state index in [0.717, 1.165) is 16.9 Å². The van der Waals surface area contributed by atoms with Gasteiger partial charge in [-0.1, -0.05) is 12.1 Å². The van der Waals surface area contributed by atoms with Gasteiger partial charge in [0, 0.05) is 19.1 Å². The first-order valence-electron chi connectivity index (χ1n) is 6.99. The summed E-state index contributed by atoms with van der Waals surface area (Å²) in [5, 5.41) is 5.82. The van der Waals surface area contributed by atoms with Crippen LogP contribution in [0.3, 0.4) is 0 Å². The van der Waals surface area contributed by atoms with Gasteiger partial charge < -0.3 is 15.4 Å². The molecule has 0 aromatic heterocycles. The number of methoxy groups -OCH3 is 1. The molecule has 1 aromatic carbocycles. The minimum absolute atomic E-state index is 0.103. The Morgan fingerprint density at radius 3 is 2.76 bits per heavy atom. The Morgan fingerprint density at radius 2 is 2.19 bits per heavy atom. The zero-order valence-corrected chi connectivity index (χ0v) is 12.6. The van der Waals surface area contributed by atoms with Gasteiger partial charge in [0.25, 0.3) is 0 Å². The van der Waals surface area contributed by atoms with E-state index in [-0.39, 0.29) is 24.5 Å². The Labute approximate surface area is 124 Å². The monoisotopic (exact) mass is 291 g/mol. The highest BCUT2D eigenvalue weighted by Gasteiger charge is 2.27. The first-order chi connectivity index (χ1) is 10.0. The summed E-state index contributed by atoms with van der Waals surface area (Å²) in [7, 11) is 1.65. The van der Waals surface area contributed by atoms with E-state index in [1.54, 1.807) is 7.11 Å². The number of carbonyl (C=O) groups excluding carboxylic acids is 2. The van der Waals surface area contributed by atoms with Crippen molar-refractivity contribution in [3.8, 4) is 5.75 Å². The maximum atomic E-state index is 11.4. The number of amides is 3. The molecule has 21 heavy (non-hydrogen) atoms. The minimum atomic E-state index is -0.310. The van der Waals surface area contributed by atoms with Crippen molar-refractivity contribution in [2.24, 2.45) is 0 Å². The molecule has 1 aliphatic heterocycles. The minimum Gasteiger partial charge on any atom is -0.496 e. The molecule has 1 aromatic rings. The molecular weight excluding hydrogens is 270 g/mol. The van der Waals surface area contributed by atoms with Crippen LogP contribution in [0, 0.1) is 6.92 Å². The lowest BCUT2D eigenvalue weighted by molar-refractivity contribution is -0.124. The number of nitrogens with zero attached hydrogens (tertiary/aromatic N) is 1. The van der Waals surface area contributed by atoms with Gasteiger partial charge in [-0.3, -0.25) is 9.69 Å². The second kappa shape index (κ2) is 6.58. The van der Waals surface area contributed by atoms with Crippen LogP contribution in [0.1, 0.15) is 24.1 Å². The molecule has 114 valence electrons. The summed E-state index contributed by atoms with van der Waals surface area (Å²) < 4.78 is 5.24. The zero-order chi connectivity index (χ0) is 15.4. The molecule has 0 spiro atoms. The van der Waals surface area contributed by atoms with Gasteiger partial charge in [-0.2, -0.15) is 0 Å². The highest BCUT2D eigenvalue weighted by Crippen LogP contribution is 2.22. The fourth-order valence-corrected chi connectivity index (χ4v) is 2.36. The fraction of sp³-hybridized carbons (Fsp3) is 0.467. The van der Waals surface area contributed by atoms with Crippen molar-refractivity contribution in [2.45, 2.75) is 19.9 Å². The maximum Gasteiger partial charge on any atom is 0.324 e. The fourth-order valence-electron chi connectivity index (χ4n) is 2.36. The van der Waals surface area contributed by atoms with Gasteiger partial charge in [0.15, 0.2) is 0 Å². The summed E-state index contributed by atoms with van der Waals surface area (Å²) >= 11 is 0. The van der Waals surface area contributed by atoms with Crippen molar-refractivity contribution in [3.63, 3.8) is 0 Å². The van der Waals surface area contributed by atoms with Crippen LogP contribution in [0.25, 0.3) is 0 Å². The van der Waals surface area contributed by atoms with Crippen LogP contribution in [0.5, 0.6) is 5.75 Å². The molecule has 2 N–H and O–H groups in total. The molecular formula is C15H21N3O3.